The molecule has 2 aromatic rings. The number of nitrogens with zero attached hydrogens (tertiary/aromatic N) is 2. The minimum Gasteiger partial charge on any atom is -0.324 e. The molecule has 0 fully saturated rings. The summed E-state index contributed by atoms with van der Waals surface area (Å²) in [5.41, 5.74) is 7.71. The smallest absolute Gasteiger partial charge is 0.145 e. The van der Waals surface area contributed by atoms with Crippen molar-refractivity contribution in [2.45, 2.75) is 18.9 Å². The standard InChI is InChI=1S/C15H17N3O/c1-18-14-5-3-2-4-12(14)13(17-18)9-15(19)10-6-7-11(16)8-10/h2-7,10-11H,8-9,16H2,1H3. The van der Waals surface area contributed by atoms with Gasteiger partial charge in [0, 0.05) is 24.4 Å². The maximum Gasteiger partial charge on any atom is 0.145 e. The largest absolute Gasteiger partial charge is 0.324 e. The number of aromatic nitrogens is 2. The van der Waals surface area contributed by atoms with Gasteiger partial charge in [-0.3, -0.25) is 9.48 Å². The fourth-order valence-corrected chi connectivity index (χ4v) is 2.68. The summed E-state index contributed by atoms with van der Waals surface area (Å²) in [7, 11) is 1.90. The van der Waals surface area contributed by atoms with Crippen LogP contribution in [0.4, 0.5) is 0 Å². The number of nitrogens with two attached hydrogens (primary N) is 1. The molecule has 0 aliphatic heterocycles. The monoisotopic (exact) mass is 255 g/mol. The zero-order valence-electron chi connectivity index (χ0n) is 10.9. The summed E-state index contributed by atoms with van der Waals surface area (Å²) in [6, 6.07) is 8.01. The van der Waals surface area contributed by atoms with E-state index in [0.29, 0.717) is 6.42 Å². The van der Waals surface area contributed by atoms with Crippen LogP contribution in [0.25, 0.3) is 10.9 Å². The van der Waals surface area contributed by atoms with E-state index in [0.717, 1.165) is 23.0 Å². The number of para-hydroxylation sites is 1. The van der Waals surface area contributed by atoms with E-state index in [1.165, 1.54) is 0 Å². The minimum absolute atomic E-state index is 0.0226. The lowest BCUT2D eigenvalue weighted by Gasteiger charge is -2.06. The van der Waals surface area contributed by atoms with Crippen LogP contribution in [0.1, 0.15) is 12.1 Å². The molecule has 4 nitrogen and oxygen atoms in total. The first-order valence-corrected chi connectivity index (χ1v) is 6.52. The number of benzene rings is 1. The van der Waals surface area contributed by atoms with E-state index >= 15 is 0 Å². The third-order valence-electron chi connectivity index (χ3n) is 3.71. The van der Waals surface area contributed by atoms with Gasteiger partial charge in [-0.15, -0.1) is 0 Å². The van der Waals surface area contributed by atoms with E-state index < -0.39 is 0 Å². The van der Waals surface area contributed by atoms with Crippen LogP contribution in [0.5, 0.6) is 0 Å². The molecule has 2 N–H and O–H groups in total. The normalized spacial score (nSPS) is 22.2. The van der Waals surface area contributed by atoms with Gasteiger partial charge in [-0.05, 0) is 12.5 Å². The molecule has 2 unspecified atom stereocenters. The van der Waals surface area contributed by atoms with E-state index in [1.54, 1.807) is 0 Å². The van der Waals surface area contributed by atoms with Crippen molar-refractivity contribution in [2.24, 2.45) is 18.7 Å². The van der Waals surface area contributed by atoms with Crippen molar-refractivity contribution in [1.82, 2.24) is 9.78 Å². The second-order valence-electron chi connectivity index (χ2n) is 5.12. The summed E-state index contributed by atoms with van der Waals surface area (Å²) >= 11 is 0. The van der Waals surface area contributed by atoms with Gasteiger partial charge in [0.2, 0.25) is 0 Å². The molecule has 3 rings (SSSR count). The van der Waals surface area contributed by atoms with Crippen molar-refractivity contribution in [2.75, 3.05) is 0 Å². The highest BCUT2D eigenvalue weighted by Gasteiger charge is 2.24. The Bertz CT molecular complexity index is 656. The van der Waals surface area contributed by atoms with Gasteiger partial charge >= 0.3 is 0 Å². The van der Waals surface area contributed by atoms with E-state index in [2.05, 4.69) is 5.10 Å². The Morgan fingerprint density at radius 1 is 1.42 bits per heavy atom. The fourth-order valence-electron chi connectivity index (χ4n) is 2.68. The quantitative estimate of drug-likeness (QED) is 0.847. The van der Waals surface area contributed by atoms with Crippen LogP contribution in [0.15, 0.2) is 36.4 Å². The molecule has 0 bridgehead atoms. The predicted octanol–water partition coefficient (Wildman–Crippen LogP) is 1.59. The minimum atomic E-state index is -0.0456. The molecule has 0 saturated heterocycles. The van der Waals surface area contributed by atoms with Crippen LogP contribution in [0.2, 0.25) is 0 Å². The highest BCUT2D eigenvalue weighted by atomic mass is 16.1. The van der Waals surface area contributed by atoms with Crippen molar-refractivity contribution in [3.05, 3.63) is 42.1 Å². The number of hydrogen-bond acceptors (Lipinski definition) is 3. The maximum absolute atomic E-state index is 12.3. The third kappa shape index (κ3) is 2.19. The number of carbonyl (C=O) groups excluding carboxylic acids is 1. The van der Waals surface area contributed by atoms with Gasteiger partial charge in [-0.1, -0.05) is 30.4 Å². The van der Waals surface area contributed by atoms with Crippen LogP contribution in [-0.2, 0) is 18.3 Å². The van der Waals surface area contributed by atoms with Crippen molar-refractivity contribution < 1.29 is 4.79 Å². The summed E-state index contributed by atoms with van der Waals surface area (Å²) in [5, 5.41) is 5.52. The number of ketones is 1. The second kappa shape index (κ2) is 4.63. The molecule has 0 amide bonds. The molecule has 0 saturated carbocycles. The Morgan fingerprint density at radius 2 is 2.21 bits per heavy atom. The Balaban J connectivity index is 1.86. The number of rotatable bonds is 3. The second-order valence-corrected chi connectivity index (χ2v) is 5.12. The van der Waals surface area contributed by atoms with E-state index in [4.69, 9.17) is 5.73 Å². The lowest BCUT2D eigenvalue weighted by Crippen LogP contribution is -2.20. The number of Topliss-reactive ketones (excluding diaryl/α,β-unsaturated/α-hetero) is 1. The average molecular weight is 255 g/mol. The zero-order chi connectivity index (χ0) is 13.4. The molecule has 98 valence electrons. The summed E-state index contributed by atoms with van der Waals surface area (Å²) in [4.78, 5) is 12.3. The van der Waals surface area contributed by atoms with Crippen LogP contribution in [-0.4, -0.2) is 21.6 Å². The topological polar surface area (TPSA) is 60.9 Å². The summed E-state index contributed by atoms with van der Waals surface area (Å²) in [6.07, 6.45) is 4.95. The number of aryl methyl sites for hydroxylation is 1. The van der Waals surface area contributed by atoms with Crippen LogP contribution >= 0.6 is 0 Å². The van der Waals surface area contributed by atoms with Gasteiger partial charge in [0.1, 0.15) is 5.78 Å². The first-order valence-electron chi connectivity index (χ1n) is 6.52. The van der Waals surface area contributed by atoms with Crippen LogP contribution in [0, 0.1) is 5.92 Å². The molecule has 1 aromatic heterocycles. The van der Waals surface area contributed by atoms with Gasteiger partial charge in [0.05, 0.1) is 17.6 Å². The zero-order valence-corrected chi connectivity index (χ0v) is 10.9. The number of carbonyl (C=O) groups is 1. The third-order valence-corrected chi connectivity index (χ3v) is 3.71. The first-order chi connectivity index (χ1) is 9.15. The van der Waals surface area contributed by atoms with Gasteiger partial charge in [0.25, 0.3) is 0 Å². The molecule has 4 heteroatoms. The average Bonchev–Trinajstić information content (AvgIpc) is 2.96. The van der Waals surface area contributed by atoms with E-state index in [-0.39, 0.29) is 17.7 Å². The van der Waals surface area contributed by atoms with Gasteiger partial charge in [-0.25, -0.2) is 0 Å². The summed E-state index contributed by atoms with van der Waals surface area (Å²) in [5.74, 6) is 0.156. The van der Waals surface area contributed by atoms with Gasteiger partial charge in [0.15, 0.2) is 0 Å². The summed E-state index contributed by atoms with van der Waals surface area (Å²) in [6.45, 7) is 0. The molecule has 19 heavy (non-hydrogen) atoms. The number of fused-ring (bicyclic) bond motifs is 1. The lowest BCUT2D eigenvalue weighted by molar-refractivity contribution is -0.120. The Morgan fingerprint density at radius 3 is 2.95 bits per heavy atom. The molecule has 1 aliphatic carbocycles. The molecular weight excluding hydrogens is 238 g/mol. The fraction of sp³-hybridized carbons (Fsp3) is 0.333. The number of hydrogen-bond donors (Lipinski definition) is 1. The highest BCUT2D eigenvalue weighted by molar-refractivity contribution is 5.90. The van der Waals surface area contributed by atoms with E-state index in [1.807, 2.05) is 48.1 Å². The Kier molecular flexibility index (Phi) is 2.95. The Labute approximate surface area is 111 Å². The number of allylic oxidation sites excluding steroid dienone is 1. The van der Waals surface area contributed by atoms with Crippen LogP contribution in [0.3, 0.4) is 0 Å². The molecular formula is C15H17N3O. The summed E-state index contributed by atoms with van der Waals surface area (Å²) < 4.78 is 1.83. The van der Waals surface area contributed by atoms with Crippen LogP contribution < -0.4 is 5.73 Å². The SMILES string of the molecule is Cn1nc(CC(=O)C2C=CC(N)C2)c2ccccc21. The van der Waals surface area contributed by atoms with Gasteiger partial charge in [-0.2, -0.15) is 5.10 Å². The maximum atomic E-state index is 12.3. The van der Waals surface area contributed by atoms with E-state index in [9.17, 15) is 4.79 Å². The predicted molar refractivity (Wildman–Crippen MR) is 74.6 cm³/mol. The molecule has 1 aliphatic rings. The highest BCUT2D eigenvalue weighted by Crippen LogP contribution is 2.22. The molecule has 0 radical (unpaired) electrons. The first kappa shape index (κ1) is 12.1. The van der Waals surface area contributed by atoms with Crippen molar-refractivity contribution in [3.63, 3.8) is 0 Å². The molecule has 0 spiro atoms. The molecule has 1 heterocycles. The van der Waals surface area contributed by atoms with Crippen molar-refractivity contribution in [3.8, 4) is 0 Å². The molecule has 2 atom stereocenters. The molecule has 1 aromatic carbocycles. The van der Waals surface area contributed by atoms with Crippen molar-refractivity contribution in [1.29, 1.82) is 0 Å². The Hall–Kier alpha value is -1.94. The van der Waals surface area contributed by atoms with Gasteiger partial charge < -0.3 is 5.73 Å². The van der Waals surface area contributed by atoms with Crippen molar-refractivity contribution >= 4 is 16.7 Å². The lowest BCUT2D eigenvalue weighted by atomic mass is 9.98.